The van der Waals surface area contributed by atoms with Crippen LogP contribution in [0.15, 0.2) is 182 Å². The zero-order chi connectivity index (χ0) is 33.5. The quantitative estimate of drug-likeness (QED) is 0.177. The molecule has 0 unspecified atom stereocenters. The Kier molecular flexibility index (Phi) is 6.16. The van der Waals surface area contributed by atoms with E-state index in [1.54, 1.807) is 0 Å². The second kappa shape index (κ2) is 11.0. The van der Waals surface area contributed by atoms with Crippen molar-refractivity contribution in [2.45, 2.75) is 0 Å². The largest absolute Gasteiger partial charge is 0.309 e. The van der Waals surface area contributed by atoms with E-state index >= 15 is 0 Å². The van der Waals surface area contributed by atoms with Crippen molar-refractivity contribution in [1.29, 1.82) is 0 Å². The van der Waals surface area contributed by atoms with Gasteiger partial charge < -0.3 is 9.13 Å². The molecule has 3 heterocycles. The Morgan fingerprint density at radius 3 is 1.47 bits per heavy atom. The molecule has 0 aliphatic carbocycles. The minimum atomic E-state index is 1.16. The molecule has 0 radical (unpaired) electrons. The Labute approximate surface area is 298 Å². The predicted octanol–water partition coefficient (Wildman–Crippen LogP) is 13.6. The predicted molar refractivity (Wildman–Crippen MR) is 219 cm³/mol. The first-order valence-corrected chi connectivity index (χ1v) is 18.2. The third-order valence-electron chi connectivity index (χ3n) is 10.5. The van der Waals surface area contributed by atoms with Crippen LogP contribution in [0.1, 0.15) is 0 Å². The first kappa shape index (κ1) is 28.4. The molecule has 0 amide bonds. The molecule has 0 atom stereocenters. The molecule has 0 fully saturated rings. The van der Waals surface area contributed by atoms with E-state index in [1.165, 1.54) is 91.7 Å². The summed E-state index contributed by atoms with van der Waals surface area (Å²) in [6.45, 7) is 0. The van der Waals surface area contributed by atoms with Gasteiger partial charge >= 0.3 is 0 Å². The number of aromatic nitrogens is 2. The lowest BCUT2D eigenvalue weighted by atomic mass is 10.00. The van der Waals surface area contributed by atoms with E-state index in [1.807, 2.05) is 11.3 Å². The van der Waals surface area contributed by atoms with Gasteiger partial charge in [0, 0.05) is 53.1 Å². The lowest BCUT2D eigenvalue weighted by Gasteiger charge is -2.11. The Hall–Kier alpha value is -6.42. The van der Waals surface area contributed by atoms with Crippen LogP contribution in [-0.2, 0) is 0 Å². The molecule has 51 heavy (non-hydrogen) atoms. The second-order valence-electron chi connectivity index (χ2n) is 13.4. The van der Waals surface area contributed by atoms with Gasteiger partial charge in [0.2, 0.25) is 0 Å². The fourth-order valence-corrected chi connectivity index (χ4v) is 9.29. The van der Waals surface area contributed by atoms with Crippen molar-refractivity contribution in [3.05, 3.63) is 182 Å². The van der Waals surface area contributed by atoms with Gasteiger partial charge in [-0.2, -0.15) is 0 Å². The average molecular weight is 667 g/mol. The molecule has 11 rings (SSSR count). The van der Waals surface area contributed by atoms with Crippen molar-refractivity contribution in [2.75, 3.05) is 0 Å². The molecule has 0 saturated heterocycles. The number of rotatable bonds is 4. The van der Waals surface area contributed by atoms with Crippen molar-refractivity contribution in [3.63, 3.8) is 0 Å². The molecule has 3 heteroatoms. The summed E-state index contributed by atoms with van der Waals surface area (Å²) in [5, 5.41) is 7.67. The summed E-state index contributed by atoms with van der Waals surface area (Å²) in [4.78, 5) is 0. The van der Waals surface area contributed by atoms with Crippen LogP contribution in [0, 0.1) is 0 Å². The SMILES string of the molecule is c1ccc(-c2ccc(-c3cccc(-n4c5ccccc5c5cc6c(cc54)c4ccccc4n6-c4ccc5c(c4)sc4ccccc45)c3)cc2)cc1. The van der Waals surface area contributed by atoms with Crippen LogP contribution in [0.4, 0.5) is 0 Å². The number of nitrogens with zero attached hydrogens (tertiary/aromatic N) is 2. The molecular weight excluding hydrogens is 637 g/mol. The van der Waals surface area contributed by atoms with Crippen LogP contribution >= 0.6 is 11.3 Å². The van der Waals surface area contributed by atoms with Crippen molar-refractivity contribution in [3.8, 4) is 33.6 Å². The molecule has 11 aromatic rings. The maximum Gasteiger partial charge on any atom is 0.0548 e. The smallest absolute Gasteiger partial charge is 0.0548 e. The second-order valence-corrected chi connectivity index (χ2v) is 14.4. The molecule has 238 valence electrons. The van der Waals surface area contributed by atoms with E-state index in [9.17, 15) is 0 Å². The lowest BCUT2D eigenvalue weighted by molar-refractivity contribution is 1.18. The normalized spacial score (nSPS) is 11.9. The highest BCUT2D eigenvalue weighted by molar-refractivity contribution is 7.25. The Balaban J connectivity index is 1.12. The van der Waals surface area contributed by atoms with E-state index in [-0.39, 0.29) is 0 Å². The minimum Gasteiger partial charge on any atom is -0.309 e. The summed E-state index contributed by atoms with van der Waals surface area (Å²) < 4.78 is 7.54. The molecule has 8 aromatic carbocycles. The van der Waals surface area contributed by atoms with Crippen LogP contribution in [0.2, 0.25) is 0 Å². The molecule has 2 nitrogen and oxygen atoms in total. The van der Waals surface area contributed by atoms with Crippen molar-refractivity contribution in [1.82, 2.24) is 9.13 Å². The maximum atomic E-state index is 2.46. The van der Waals surface area contributed by atoms with Crippen molar-refractivity contribution < 1.29 is 0 Å². The number of thiophene rings is 1. The van der Waals surface area contributed by atoms with E-state index in [0.29, 0.717) is 0 Å². The van der Waals surface area contributed by atoms with Crippen LogP contribution in [0.25, 0.3) is 97.4 Å². The molecule has 3 aromatic heterocycles. The summed E-state index contributed by atoms with van der Waals surface area (Å²) >= 11 is 1.87. The molecule has 0 aliphatic rings. The van der Waals surface area contributed by atoms with Crippen LogP contribution in [0.3, 0.4) is 0 Å². The summed E-state index contributed by atoms with van der Waals surface area (Å²) in [7, 11) is 0. The zero-order valence-corrected chi connectivity index (χ0v) is 28.4. The highest BCUT2D eigenvalue weighted by Gasteiger charge is 2.19. The fraction of sp³-hybridized carbons (Fsp3) is 0. The van der Waals surface area contributed by atoms with Gasteiger partial charge in [-0.25, -0.2) is 0 Å². The van der Waals surface area contributed by atoms with Crippen LogP contribution in [-0.4, -0.2) is 9.13 Å². The zero-order valence-electron chi connectivity index (χ0n) is 27.6. The molecule has 0 N–H and O–H groups in total. The monoisotopic (exact) mass is 666 g/mol. The summed E-state index contributed by atoms with van der Waals surface area (Å²) in [5.41, 5.74) is 12.1. The highest BCUT2D eigenvalue weighted by atomic mass is 32.1. The van der Waals surface area contributed by atoms with E-state index < -0.39 is 0 Å². The highest BCUT2D eigenvalue weighted by Crippen LogP contribution is 2.41. The molecule has 0 spiro atoms. The number of para-hydroxylation sites is 2. The number of benzene rings is 8. The van der Waals surface area contributed by atoms with Crippen LogP contribution in [0.5, 0.6) is 0 Å². The Morgan fingerprint density at radius 1 is 0.275 bits per heavy atom. The topological polar surface area (TPSA) is 9.86 Å². The van der Waals surface area contributed by atoms with Crippen molar-refractivity contribution >= 4 is 75.1 Å². The molecule has 0 bridgehead atoms. The Bertz CT molecular complexity index is 3120. The van der Waals surface area contributed by atoms with Gasteiger partial charge in [-0.15, -0.1) is 11.3 Å². The van der Waals surface area contributed by atoms with Crippen molar-refractivity contribution in [2.24, 2.45) is 0 Å². The molecule has 0 aliphatic heterocycles. The van der Waals surface area contributed by atoms with Gasteiger partial charge in [0.05, 0.1) is 22.1 Å². The maximum absolute atomic E-state index is 2.46. The molecular formula is C48H30N2S. The number of hydrogen-bond donors (Lipinski definition) is 0. The third-order valence-corrected chi connectivity index (χ3v) is 11.6. The van der Waals surface area contributed by atoms with Crippen LogP contribution < -0.4 is 0 Å². The van der Waals surface area contributed by atoms with Gasteiger partial charge in [-0.1, -0.05) is 127 Å². The number of hydrogen-bond acceptors (Lipinski definition) is 1. The fourth-order valence-electron chi connectivity index (χ4n) is 8.15. The summed E-state index contributed by atoms with van der Waals surface area (Å²) in [5.74, 6) is 0. The Morgan fingerprint density at radius 2 is 0.784 bits per heavy atom. The van der Waals surface area contributed by atoms with Gasteiger partial charge in [-0.3, -0.25) is 0 Å². The van der Waals surface area contributed by atoms with E-state index in [4.69, 9.17) is 0 Å². The average Bonchev–Trinajstić information content (AvgIpc) is 3.84. The van der Waals surface area contributed by atoms with Gasteiger partial charge in [-0.05, 0) is 76.9 Å². The number of fused-ring (bicyclic) bond motifs is 9. The third kappa shape index (κ3) is 4.35. The summed E-state index contributed by atoms with van der Waals surface area (Å²) in [6.07, 6.45) is 0. The minimum absolute atomic E-state index is 1.16. The standard InChI is InChI=1S/C48H30N2S/c1-2-11-31(12-3-1)32-21-23-33(24-22-32)34-13-10-14-35(27-34)49-43-18-7-4-15-37(43)41-30-46-42(29-45(41)49)38-16-5-8-19-44(38)50(46)36-25-26-40-39-17-6-9-20-47(39)51-48(40)28-36/h1-30H. The molecule has 0 saturated carbocycles. The van der Waals surface area contributed by atoms with Gasteiger partial charge in [0.15, 0.2) is 0 Å². The first-order chi connectivity index (χ1) is 25.3. The summed E-state index contributed by atoms with van der Waals surface area (Å²) in [6, 6.07) is 66.7. The van der Waals surface area contributed by atoms with E-state index in [2.05, 4.69) is 191 Å². The first-order valence-electron chi connectivity index (χ1n) is 17.4. The van der Waals surface area contributed by atoms with E-state index in [0.717, 1.165) is 5.69 Å². The van der Waals surface area contributed by atoms with Gasteiger partial charge in [0.1, 0.15) is 0 Å². The van der Waals surface area contributed by atoms with Gasteiger partial charge in [0.25, 0.3) is 0 Å². The lowest BCUT2D eigenvalue weighted by Crippen LogP contribution is -1.95.